The maximum atomic E-state index is 3.51. The van der Waals surface area contributed by atoms with Gasteiger partial charge in [-0.25, -0.2) is 0 Å². The molecule has 0 bridgehead atoms. The van der Waals surface area contributed by atoms with Crippen LogP contribution in [0.15, 0.2) is 28.7 Å². The lowest BCUT2D eigenvalue weighted by Crippen LogP contribution is -2.30. The van der Waals surface area contributed by atoms with Crippen molar-refractivity contribution in [3.05, 3.63) is 34.3 Å². The normalized spacial score (nSPS) is 18.1. The minimum atomic E-state index is 0.726. The smallest absolute Gasteiger partial charge is 0.0234 e. The molecule has 15 heavy (non-hydrogen) atoms. The molecule has 2 rings (SSSR count). The van der Waals surface area contributed by atoms with Crippen molar-refractivity contribution < 1.29 is 0 Å². The van der Waals surface area contributed by atoms with Crippen molar-refractivity contribution >= 4 is 15.9 Å². The fraction of sp³-hybridized carbons (Fsp3) is 0.538. The van der Waals surface area contributed by atoms with E-state index in [9.17, 15) is 0 Å². The summed E-state index contributed by atoms with van der Waals surface area (Å²) in [6.07, 6.45) is 2.84. The van der Waals surface area contributed by atoms with Gasteiger partial charge in [-0.2, -0.15) is 0 Å². The van der Waals surface area contributed by atoms with E-state index < -0.39 is 0 Å². The second-order valence-electron chi connectivity index (χ2n) is 4.62. The Morgan fingerprint density at radius 1 is 1.47 bits per heavy atom. The zero-order valence-corrected chi connectivity index (χ0v) is 11.0. The van der Waals surface area contributed by atoms with Crippen LogP contribution in [0.5, 0.6) is 0 Å². The Morgan fingerprint density at radius 3 is 2.80 bits per heavy atom. The molecule has 1 fully saturated rings. The summed E-state index contributed by atoms with van der Waals surface area (Å²) in [5.74, 6) is 0.946. The van der Waals surface area contributed by atoms with Crippen LogP contribution in [0, 0.1) is 5.92 Å². The van der Waals surface area contributed by atoms with Gasteiger partial charge >= 0.3 is 0 Å². The molecular formula is C13H18BrN. The number of rotatable bonds is 4. The molecule has 1 atom stereocenters. The van der Waals surface area contributed by atoms with E-state index in [1.54, 1.807) is 0 Å². The van der Waals surface area contributed by atoms with Gasteiger partial charge in [-0.1, -0.05) is 28.1 Å². The molecule has 1 aliphatic rings. The van der Waals surface area contributed by atoms with Crippen LogP contribution in [0.2, 0.25) is 0 Å². The van der Waals surface area contributed by atoms with E-state index in [1.807, 2.05) is 0 Å². The molecule has 0 aliphatic heterocycles. The Labute approximate surface area is 101 Å². The van der Waals surface area contributed by atoms with E-state index in [-0.39, 0.29) is 0 Å². The lowest BCUT2D eigenvalue weighted by molar-refractivity contribution is 0.226. The summed E-state index contributed by atoms with van der Waals surface area (Å²) in [5.41, 5.74) is 1.39. The zero-order chi connectivity index (χ0) is 10.8. The fourth-order valence-corrected chi connectivity index (χ4v) is 2.45. The van der Waals surface area contributed by atoms with Gasteiger partial charge in [0.25, 0.3) is 0 Å². The predicted octanol–water partition coefficient (Wildman–Crippen LogP) is 3.68. The van der Waals surface area contributed by atoms with Crippen molar-refractivity contribution in [1.82, 2.24) is 4.90 Å². The molecule has 0 radical (unpaired) electrons. The number of hydrogen-bond donors (Lipinski definition) is 0. The molecule has 0 heterocycles. The average Bonchev–Trinajstić information content (AvgIpc) is 2.99. The molecule has 2 heteroatoms. The molecule has 1 aliphatic carbocycles. The van der Waals surface area contributed by atoms with Crippen molar-refractivity contribution in [2.75, 3.05) is 7.05 Å². The van der Waals surface area contributed by atoms with E-state index in [0.717, 1.165) is 18.5 Å². The minimum Gasteiger partial charge on any atom is -0.299 e. The van der Waals surface area contributed by atoms with Crippen molar-refractivity contribution in [3.63, 3.8) is 0 Å². The van der Waals surface area contributed by atoms with E-state index >= 15 is 0 Å². The van der Waals surface area contributed by atoms with Gasteiger partial charge in [0.05, 0.1) is 0 Å². The molecular weight excluding hydrogens is 250 g/mol. The van der Waals surface area contributed by atoms with Crippen LogP contribution in [0.4, 0.5) is 0 Å². The highest BCUT2D eigenvalue weighted by atomic mass is 79.9. The Kier molecular flexibility index (Phi) is 3.47. The average molecular weight is 268 g/mol. The summed E-state index contributed by atoms with van der Waals surface area (Å²) >= 11 is 3.51. The van der Waals surface area contributed by atoms with Gasteiger partial charge in [0.15, 0.2) is 0 Å². The van der Waals surface area contributed by atoms with E-state index in [0.29, 0.717) is 0 Å². The first kappa shape index (κ1) is 11.2. The number of nitrogens with zero attached hydrogens (tertiary/aromatic N) is 1. The molecule has 1 aromatic rings. The highest BCUT2D eigenvalue weighted by Crippen LogP contribution is 2.35. The molecule has 0 saturated heterocycles. The highest BCUT2D eigenvalue weighted by Gasteiger charge is 2.30. The van der Waals surface area contributed by atoms with E-state index in [1.165, 1.54) is 22.9 Å². The van der Waals surface area contributed by atoms with Crippen LogP contribution in [0.3, 0.4) is 0 Å². The topological polar surface area (TPSA) is 3.24 Å². The molecule has 0 N–H and O–H groups in total. The Balaban J connectivity index is 1.95. The molecule has 0 amide bonds. The number of hydrogen-bond acceptors (Lipinski definition) is 1. The van der Waals surface area contributed by atoms with Gasteiger partial charge in [-0.05, 0) is 50.4 Å². The summed E-state index contributed by atoms with van der Waals surface area (Å²) in [6, 6.07) is 9.31. The molecule has 0 aromatic heterocycles. The molecule has 1 unspecified atom stereocenters. The largest absolute Gasteiger partial charge is 0.299 e. The Hall–Kier alpha value is -0.340. The van der Waals surface area contributed by atoms with Crippen LogP contribution in [-0.2, 0) is 6.54 Å². The van der Waals surface area contributed by atoms with Crippen LogP contribution in [0.1, 0.15) is 25.3 Å². The van der Waals surface area contributed by atoms with Crippen LogP contribution in [0.25, 0.3) is 0 Å². The van der Waals surface area contributed by atoms with E-state index in [2.05, 4.69) is 59.1 Å². The first-order valence-electron chi connectivity index (χ1n) is 5.61. The lowest BCUT2D eigenvalue weighted by atomic mass is 10.1. The van der Waals surface area contributed by atoms with Crippen molar-refractivity contribution in [2.24, 2.45) is 5.92 Å². The van der Waals surface area contributed by atoms with Gasteiger partial charge in [0, 0.05) is 17.1 Å². The van der Waals surface area contributed by atoms with Crippen LogP contribution < -0.4 is 0 Å². The quantitative estimate of drug-likeness (QED) is 0.805. The number of halogens is 1. The molecule has 0 spiro atoms. The third-order valence-corrected chi connectivity index (χ3v) is 3.81. The zero-order valence-electron chi connectivity index (χ0n) is 9.41. The third-order valence-electron chi connectivity index (χ3n) is 3.32. The second-order valence-corrected chi connectivity index (χ2v) is 5.54. The summed E-state index contributed by atoms with van der Waals surface area (Å²) in [6.45, 7) is 3.40. The second kappa shape index (κ2) is 4.67. The minimum absolute atomic E-state index is 0.726. The molecule has 1 nitrogen and oxygen atoms in total. The van der Waals surface area contributed by atoms with Gasteiger partial charge < -0.3 is 0 Å². The van der Waals surface area contributed by atoms with Crippen LogP contribution in [-0.4, -0.2) is 18.0 Å². The van der Waals surface area contributed by atoms with E-state index in [4.69, 9.17) is 0 Å². The Bertz CT molecular complexity index is 333. The van der Waals surface area contributed by atoms with Gasteiger partial charge in [-0.3, -0.25) is 4.90 Å². The first-order chi connectivity index (χ1) is 7.16. The fourth-order valence-electron chi connectivity index (χ4n) is 2.01. The standard InChI is InChI=1S/C13H18BrN/c1-10(12-6-7-12)15(2)9-11-4-3-5-13(14)8-11/h3-5,8,10,12H,6-7,9H2,1-2H3. The molecule has 1 aromatic carbocycles. The summed E-state index contributed by atoms with van der Waals surface area (Å²) in [5, 5.41) is 0. The summed E-state index contributed by atoms with van der Waals surface area (Å²) in [4.78, 5) is 2.46. The highest BCUT2D eigenvalue weighted by molar-refractivity contribution is 9.10. The van der Waals surface area contributed by atoms with Crippen molar-refractivity contribution in [1.29, 1.82) is 0 Å². The lowest BCUT2D eigenvalue weighted by Gasteiger charge is -2.24. The monoisotopic (exact) mass is 267 g/mol. The van der Waals surface area contributed by atoms with Gasteiger partial charge in [-0.15, -0.1) is 0 Å². The molecule has 1 saturated carbocycles. The summed E-state index contributed by atoms with van der Waals surface area (Å²) < 4.78 is 1.17. The van der Waals surface area contributed by atoms with Gasteiger partial charge in [0.1, 0.15) is 0 Å². The SMILES string of the molecule is CC(C1CC1)N(C)Cc1cccc(Br)c1. The Morgan fingerprint density at radius 2 is 2.20 bits per heavy atom. The first-order valence-corrected chi connectivity index (χ1v) is 6.41. The maximum Gasteiger partial charge on any atom is 0.0234 e. The number of benzene rings is 1. The molecule has 82 valence electrons. The van der Waals surface area contributed by atoms with Crippen molar-refractivity contribution in [2.45, 2.75) is 32.4 Å². The third kappa shape index (κ3) is 3.05. The van der Waals surface area contributed by atoms with Crippen LogP contribution >= 0.6 is 15.9 Å². The van der Waals surface area contributed by atoms with Gasteiger partial charge in [0.2, 0.25) is 0 Å². The summed E-state index contributed by atoms with van der Waals surface area (Å²) in [7, 11) is 2.23. The van der Waals surface area contributed by atoms with Crippen molar-refractivity contribution in [3.8, 4) is 0 Å². The maximum absolute atomic E-state index is 3.51. The predicted molar refractivity (Wildman–Crippen MR) is 67.8 cm³/mol.